The van der Waals surface area contributed by atoms with Gasteiger partial charge in [-0.15, -0.1) is 40.0 Å². The fraction of sp³-hybridized carbons (Fsp3) is 0.394. The van der Waals surface area contributed by atoms with E-state index in [-0.39, 0.29) is 54.4 Å². The fourth-order valence-corrected chi connectivity index (χ4v) is 5.08. The van der Waals surface area contributed by atoms with Gasteiger partial charge in [-0.25, -0.2) is 0 Å². The molecule has 0 saturated carbocycles. The van der Waals surface area contributed by atoms with E-state index in [1.165, 1.54) is 12.1 Å². The number of rotatable bonds is 8. The van der Waals surface area contributed by atoms with Crippen molar-refractivity contribution >= 4 is 27.5 Å². The Morgan fingerprint density at radius 3 is 2.12 bits per heavy atom. The van der Waals surface area contributed by atoms with Crippen LogP contribution < -0.4 is 0 Å². The monoisotopic (exact) mass is 757 g/mol. The Morgan fingerprint density at radius 1 is 0.929 bits per heavy atom. The number of benzene rings is 3. The van der Waals surface area contributed by atoms with Crippen molar-refractivity contribution in [3.63, 3.8) is 0 Å². The molecule has 1 aromatic heterocycles. The summed E-state index contributed by atoms with van der Waals surface area (Å²) in [5.74, 6) is 0.547. The first-order chi connectivity index (χ1) is 19.4. The summed E-state index contributed by atoms with van der Waals surface area (Å²) < 4.78 is 41.4. The van der Waals surface area contributed by atoms with Crippen molar-refractivity contribution in [2.75, 3.05) is 0 Å². The summed E-state index contributed by atoms with van der Waals surface area (Å²) in [6.07, 6.45) is 0.349. The zero-order valence-corrected chi connectivity index (χ0v) is 27.2. The quantitative estimate of drug-likeness (QED) is 0.0841. The third-order valence-corrected chi connectivity index (χ3v) is 7.34. The number of aromatic nitrogens is 3. The summed E-state index contributed by atoms with van der Waals surface area (Å²) in [7, 11) is 0. The maximum Gasteiger partial charge on any atom is 0.419 e. The zero-order valence-electron chi connectivity index (χ0n) is 24.8. The van der Waals surface area contributed by atoms with Crippen molar-refractivity contribution in [1.82, 2.24) is 15.4 Å². The molecule has 5 nitrogen and oxygen atoms in total. The number of hydrogen-bond donors (Lipinski definition) is 1. The van der Waals surface area contributed by atoms with Gasteiger partial charge >= 0.3 is 6.18 Å². The van der Waals surface area contributed by atoms with Crippen LogP contribution >= 0.6 is 0 Å². The van der Waals surface area contributed by atoms with Crippen LogP contribution in [0.25, 0.3) is 32.9 Å². The molecule has 0 aliphatic rings. The van der Waals surface area contributed by atoms with E-state index in [0.29, 0.717) is 22.0 Å². The largest absolute Gasteiger partial charge is 0.512 e. The number of carbonyl (C=O) groups excluding carboxylic acids is 1. The van der Waals surface area contributed by atoms with Gasteiger partial charge in [-0.2, -0.15) is 18.3 Å². The first kappa shape index (κ1) is 35.0. The molecule has 42 heavy (non-hydrogen) atoms. The predicted molar refractivity (Wildman–Crippen MR) is 157 cm³/mol. The molecule has 0 aliphatic carbocycles. The van der Waals surface area contributed by atoms with Crippen LogP contribution in [0.1, 0.15) is 70.1 Å². The van der Waals surface area contributed by atoms with Crippen LogP contribution in [-0.2, 0) is 31.1 Å². The molecule has 4 rings (SSSR count). The third-order valence-electron chi connectivity index (χ3n) is 7.34. The van der Waals surface area contributed by atoms with Gasteiger partial charge in [0.1, 0.15) is 5.52 Å². The van der Waals surface area contributed by atoms with E-state index in [1.54, 1.807) is 24.3 Å². The Bertz CT molecular complexity index is 1530. The van der Waals surface area contributed by atoms with Crippen LogP contribution in [0.5, 0.6) is 0 Å². The molecule has 0 atom stereocenters. The average molecular weight is 757 g/mol. The minimum absolute atomic E-state index is 0. The average Bonchev–Trinajstić information content (AvgIpc) is 2.92. The van der Waals surface area contributed by atoms with Crippen LogP contribution in [-0.4, -0.2) is 26.3 Å². The third kappa shape index (κ3) is 8.23. The van der Waals surface area contributed by atoms with E-state index in [0.717, 1.165) is 36.8 Å². The number of halogens is 3. The number of aliphatic hydroxyl groups is 1. The van der Waals surface area contributed by atoms with Crippen molar-refractivity contribution in [1.29, 1.82) is 0 Å². The predicted octanol–water partition coefficient (Wildman–Crippen LogP) is 9.15. The number of aliphatic hydroxyl groups excluding tert-OH is 1. The van der Waals surface area contributed by atoms with Gasteiger partial charge in [0, 0.05) is 43.7 Å². The number of alkyl halides is 3. The van der Waals surface area contributed by atoms with E-state index in [1.807, 2.05) is 53.7 Å². The first-order valence-corrected chi connectivity index (χ1v) is 14.0. The number of fused-ring (bicyclic) bond motifs is 2. The second-order valence-electron chi connectivity index (χ2n) is 10.3. The van der Waals surface area contributed by atoms with Gasteiger partial charge in [0.25, 0.3) is 0 Å². The molecule has 0 fully saturated rings. The number of allylic oxidation sites excluding steroid dienone is 2. The topological polar surface area (TPSA) is 76.0 Å². The van der Waals surface area contributed by atoms with Gasteiger partial charge in [-0.1, -0.05) is 77.1 Å². The van der Waals surface area contributed by atoms with E-state index in [2.05, 4.69) is 21.5 Å². The van der Waals surface area contributed by atoms with Gasteiger partial charge < -0.3 is 5.11 Å². The number of carbonyl (C=O) groups is 1. The maximum absolute atomic E-state index is 13.8. The van der Waals surface area contributed by atoms with Gasteiger partial charge in [0.2, 0.25) is 0 Å². The van der Waals surface area contributed by atoms with Crippen LogP contribution in [0.3, 0.4) is 0 Å². The molecule has 4 aromatic rings. The van der Waals surface area contributed by atoms with Gasteiger partial charge in [0.05, 0.1) is 11.3 Å². The maximum atomic E-state index is 13.8. The number of ketones is 1. The fourth-order valence-electron chi connectivity index (χ4n) is 5.08. The molecule has 9 heteroatoms. The summed E-state index contributed by atoms with van der Waals surface area (Å²) in [5, 5.41) is 22.0. The molecule has 0 bridgehead atoms. The van der Waals surface area contributed by atoms with E-state index < -0.39 is 11.7 Å². The first-order valence-electron chi connectivity index (χ1n) is 14.0. The molecule has 0 unspecified atom stereocenters. The molecule has 3 aromatic carbocycles. The summed E-state index contributed by atoms with van der Waals surface area (Å²) in [6, 6.07) is 15.0. The van der Waals surface area contributed by atoms with Crippen LogP contribution in [0.4, 0.5) is 13.2 Å². The molecule has 1 radical (unpaired) electrons. The van der Waals surface area contributed by atoms with Crippen LogP contribution in [0.2, 0.25) is 0 Å². The number of hydrogen-bond acceptors (Lipinski definition) is 5. The summed E-state index contributed by atoms with van der Waals surface area (Å²) in [5.41, 5.74) is 1.81. The summed E-state index contributed by atoms with van der Waals surface area (Å²) >= 11 is 0. The molecule has 0 saturated heterocycles. The van der Waals surface area contributed by atoms with Crippen LogP contribution in [0, 0.1) is 31.7 Å². The van der Waals surface area contributed by atoms with E-state index in [4.69, 9.17) is 0 Å². The zero-order chi connectivity index (χ0) is 30.3. The van der Waals surface area contributed by atoms with E-state index in [9.17, 15) is 23.1 Å². The minimum atomic E-state index is -4.56. The molecule has 1 heterocycles. The Labute approximate surface area is 259 Å². The Balaban J connectivity index is 0.000000334. The molecule has 0 amide bonds. The molecular formula is C33H37F3IrN3O2-. The second-order valence-corrected chi connectivity index (χ2v) is 10.3. The van der Waals surface area contributed by atoms with Crippen molar-refractivity contribution in [2.45, 2.75) is 73.4 Å². The van der Waals surface area contributed by atoms with E-state index >= 15 is 0 Å². The summed E-state index contributed by atoms with van der Waals surface area (Å²) in [4.78, 5) is 11.7. The number of nitrogens with zero attached hydrogens (tertiary/aromatic N) is 3. The molecular weight excluding hydrogens is 720 g/mol. The van der Waals surface area contributed by atoms with Crippen molar-refractivity contribution in [2.24, 2.45) is 11.8 Å². The minimum Gasteiger partial charge on any atom is -0.512 e. The Hall–Kier alpha value is -3.16. The van der Waals surface area contributed by atoms with Crippen molar-refractivity contribution < 1.29 is 43.2 Å². The SMILES string of the molecule is CCC(CC)C(=O)/C=C(\O)C(CC)CC.Cc1[c-]c(-c2nnnc3c(C(F)(F)F)c4ccccc4cc23)cc(C)c1.[Ir]. The smallest absolute Gasteiger partial charge is 0.419 e. The standard InChI is InChI=1S/C20H13F3N3.C13H24O2.Ir/c1-11-7-12(2)9-14(8-11)18-16-10-13-5-3-4-6-15(13)17(20(21,22)23)19(16)25-26-24-18;1-5-10(6-2)12(14)9-13(15)11(7-3)8-4;/h3-8,10H,1-2H3;9-11,14H,5-8H2,1-4H3;/q-1;;/b;12-9-;. The molecule has 0 spiro atoms. The molecule has 1 N–H and O–H groups in total. The number of aryl methyl sites for hydroxylation is 2. The molecule has 0 aliphatic heterocycles. The summed E-state index contributed by atoms with van der Waals surface area (Å²) in [6.45, 7) is 11.9. The second kappa shape index (κ2) is 15.4. The molecule has 227 valence electrons. The van der Waals surface area contributed by atoms with Crippen molar-refractivity contribution in [3.05, 3.63) is 77.1 Å². The van der Waals surface area contributed by atoms with Gasteiger partial charge in [-0.3, -0.25) is 4.79 Å². The van der Waals surface area contributed by atoms with Gasteiger partial charge in [0.15, 0.2) is 5.78 Å². The Morgan fingerprint density at radius 2 is 1.55 bits per heavy atom. The van der Waals surface area contributed by atoms with Gasteiger partial charge in [-0.05, 0) is 41.8 Å². The Kier molecular flexibility index (Phi) is 12.8. The van der Waals surface area contributed by atoms with Crippen molar-refractivity contribution in [3.8, 4) is 11.3 Å². The normalized spacial score (nSPS) is 11.9. The van der Waals surface area contributed by atoms with Crippen LogP contribution in [0.15, 0.2) is 54.3 Å².